The van der Waals surface area contributed by atoms with Gasteiger partial charge in [0, 0.05) is 30.8 Å². The first-order valence-corrected chi connectivity index (χ1v) is 11.2. The third-order valence-electron chi connectivity index (χ3n) is 4.83. The predicted molar refractivity (Wildman–Crippen MR) is 129 cm³/mol. The van der Waals surface area contributed by atoms with Crippen molar-refractivity contribution in [3.05, 3.63) is 45.0 Å². The van der Waals surface area contributed by atoms with Gasteiger partial charge in [0.2, 0.25) is 0 Å². The summed E-state index contributed by atoms with van der Waals surface area (Å²) in [7, 11) is 0. The molecule has 0 saturated heterocycles. The van der Waals surface area contributed by atoms with Crippen molar-refractivity contribution >= 4 is 28.7 Å². The van der Waals surface area contributed by atoms with Gasteiger partial charge in [-0.1, -0.05) is 0 Å². The zero-order valence-corrected chi connectivity index (χ0v) is 20.3. The van der Waals surface area contributed by atoms with E-state index in [2.05, 4.69) is 25.8 Å². The number of azo groups is 1. The van der Waals surface area contributed by atoms with Crippen LogP contribution in [0.2, 0.25) is 0 Å². The van der Waals surface area contributed by atoms with Gasteiger partial charge in [-0.15, -0.1) is 10.2 Å². The van der Waals surface area contributed by atoms with E-state index in [1.54, 1.807) is 0 Å². The zero-order chi connectivity index (χ0) is 28.1. The number of ether oxygens (including phenoxy) is 2. The number of anilines is 2. The summed E-state index contributed by atoms with van der Waals surface area (Å²) in [6.07, 6.45) is -4.94. The topological polar surface area (TPSA) is 188 Å². The number of alkyl halides is 3. The normalized spacial score (nSPS) is 11.5. The second-order valence-corrected chi connectivity index (χ2v) is 7.45. The number of nitriles is 1. The van der Waals surface area contributed by atoms with Gasteiger partial charge < -0.3 is 30.3 Å². The summed E-state index contributed by atoms with van der Waals surface area (Å²) in [6, 6.07) is 4.05. The average Bonchev–Trinajstić information content (AvgIpc) is 2.87. The summed E-state index contributed by atoms with van der Waals surface area (Å²) in [5, 5.41) is 51.7. The molecule has 1 heterocycles. The monoisotopic (exact) mass is 541 g/mol. The molecule has 2 aromatic rings. The van der Waals surface area contributed by atoms with Gasteiger partial charge >= 0.3 is 6.18 Å². The molecule has 0 aliphatic rings. The number of rotatable bonds is 15. The first-order chi connectivity index (χ1) is 18.1. The minimum atomic E-state index is -4.94. The highest BCUT2D eigenvalue weighted by Gasteiger charge is 2.35. The van der Waals surface area contributed by atoms with Crippen molar-refractivity contribution in [2.24, 2.45) is 10.2 Å². The molecule has 16 heteroatoms. The molecule has 4 N–H and O–H groups in total. The predicted octanol–water partition coefficient (Wildman–Crippen LogP) is 3.45. The molecule has 2 rings (SSSR count). The summed E-state index contributed by atoms with van der Waals surface area (Å²) in [5.74, 6) is 0.230. The quantitative estimate of drug-likeness (QED) is 0.113. The molecule has 0 bridgehead atoms. The van der Waals surface area contributed by atoms with Crippen molar-refractivity contribution in [1.29, 1.82) is 5.26 Å². The SMILES string of the molecule is Cc1c(C#N)c(NCCOCCO)nc(NCCOCCO)c1N=Nc1ccc([N+](=O)[O-])cc1C(F)(F)F. The Balaban J connectivity index is 2.48. The van der Waals surface area contributed by atoms with E-state index in [1.165, 1.54) is 6.92 Å². The number of nitrogens with zero attached hydrogens (tertiary/aromatic N) is 5. The number of aliphatic hydroxyl groups is 2. The van der Waals surface area contributed by atoms with Gasteiger partial charge in [-0.2, -0.15) is 18.4 Å². The Hall–Kier alpha value is -3.91. The molecular formula is C22H26F3N7O6. The van der Waals surface area contributed by atoms with Gasteiger partial charge in [-0.3, -0.25) is 10.1 Å². The fourth-order valence-corrected chi connectivity index (χ4v) is 3.08. The number of aromatic nitrogens is 1. The molecule has 0 aliphatic carbocycles. The Kier molecular flexibility index (Phi) is 11.8. The first-order valence-electron chi connectivity index (χ1n) is 11.2. The largest absolute Gasteiger partial charge is 0.418 e. The Bertz CT molecular complexity index is 1170. The van der Waals surface area contributed by atoms with Crippen molar-refractivity contribution in [3.8, 4) is 6.07 Å². The van der Waals surface area contributed by atoms with Crippen LogP contribution >= 0.6 is 0 Å². The lowest BCUT2D eigenvalue weighted by Crippen LogP contribution is -2.16. The zero-order valence-electron chi connectivity index (χ0n) is 20.3. The number of pyridine rings is 1. The Morgan fingerprint density at radius 1 is 1.08 bits per heavy atom. The molecule has 0 aliphatic heterocycles. The molecule has 1 aromatic carbocycles. The highest BCUT2D eigenvalue weighted by Crippen LogP contribution is 2.40. The molecular weight excluding hydrogens is 515 g/mol. The van der Waals surface area contributed by atoms with E-state index in [0.29, 0.717) is 6.07 Å². The maximum absolute atomic E-state index is 13.6. The van der Waals surface area contributed by atoms with Crippen LogP contribution < -0.4 is 10.6 Å². The number of aliphatic hydroxyl groups excluding tert-OH is 2. The van der Waals surface area contributed by atoms with Crippen LogP contribution in [0.15, 0.2) is 28.4 Å². The molecule has 206 valence electrons. The van der Waals surface area contributed by atoms with Crippen LogP contribution in [-0.2, 0) is 15.7 Å². The molecule has 38 heavy (non-hydrogen) atoms. The van der Waals surface area contributed by atoms with E-state index in [1.807, 2.05) is 6.07 Å². The highest BCUT2D eigenvalue weighted by atomic mass is 19.4. The van der Waals surface area contributed by atoms with Gasteiger partial charge in [0.1, 0.15) is 17.6 Å². The van der Waals surface area contributed by atoms with Gasteiger partial charge in [-0.25, -0.2) is 4.98 Å². The van der Waals surface area contributed by atoms with E-state index >= 15 is 0 Å². The summed E-state index contributed by atoms with van der Waals surface area (Å²) in [4.78, 5) is 14.3. The third-order valence-corrected chi connectivity index (χ3v) is 4.83. The Morgan fingerprint density at radius 2 is 1.68 bits per heavy atom. The fraction of sp³-hybridized carbons (Fsp3) is 0.455. The van der Waals surface area contributed by atoms with Crippen LogP contribution in [0.1, 0.15) is 16.7 Å². The second-order valence-electron chi connectivity index (χ2n) is 7.45. The van der Waals surface area contributed by atoms with Gasteiger partial charge in [-0.05, 0) is 13.0 Å². The molecule has 0 fully saturated rings. The van der Waals surface area contributed by atoms with E-state index in [0.717, 1.165) is 12.1 Å². The molecule has 0 atom stereocenters. The molecule has 0 spiro atoms. The molecule has 13 nitrogen and oxygen atoms in total. The number of non-ortho nitro benzene ring substituents is 1. The average molecular weight is 541 g/mol. The number of nitro benzene ring substituents is 1. The van der Waals surface area contributed by atoms with Crippen molar-refractivity contribution in [1.82, 2.24) is 4.98 Å². The van der Waals surface area contributed by atoms with E-state index in [9.17, 15) is 28.5 Å². The summed E-state index contributed by atoms with van der Waals surface area (Å²) in [6.45, 7) is 2.15. The second kappa shape index (κ2) is 14.7. The maximum Gasteiger partial charge on any atom is 0.418 e. The van der Waals surface area contributed by atoms with Crippen molar-refractivity contribution in [3.63, 3.8) is 0 Å². The molecule has 0 amide bonds. The lowest BCUT2D eigenvalue weighted by atomic mass is 10.1. The van der Waals surface area contributed by atoms with Crippen LogP contribution in [0.25, 0.3) is 0 Å². The lowest BCUT2D eigenvalue weighted by Gasteiger charge is -2.16. The van der Waals surface area contributed by atoms with Crippen molar-refractivity contribution in [2.75, 3.05) is 63.4 Å². The van der Waals surface area contributed by atoms with Crippen LogP contribution in [0.3, 0.4) is 0 Å². The van der Waals surface area contributed by atoms with E-state index < -0.39 is 28.0 Å². The molecule has 0 radical (unpaired) electrons. The standard InChI is InChI=1S/C22H26F3N7O6/c1-14-16(13-26)20(27-4-8-37-10-6-33)29-21(28-5-9-38-11-7-34)19(14)31-30-18-3-2-15(32(35)36)12-17(18)22(23,24)25/h2-3,12,33-34H,4-11H2,1H3,(H2,27,28,29). The number of hydrogen-bond acceptors (Lipinski definition) is 12. The summed E-state index contributed by atoms with van der Waals surface area (Å²) in [5.41, 5.74) is -2.50. The van der Waals surface area contributed by atoms with E-state index in [-0.39, 0.29) is 81.2 Å². The maximum atomic E-state index is 13.6. The van der Waals surface area contributed by atoms with Gasteiger partial charge in [0.25, 0.3) is 5.69 Å². The summed E-state index contributed by atoms with van der Waals surface area (Å²) >= 11 is 0. The van der Waals surface area contributed by atoms with Crippen molar-refractivity contribution in [2.45, 2.75) is 13.1 Å². The van der Waals surface area contributed by atoms with E-state index in [4.69, 9.17) is 19.7 Å². The van der Waals surface area contributed by atoms with Crippen LogP contribution in [0.5, 0.6) is 0 Å². The van der Waals surface area contributed by atoms with Crippen LogP contribution in [0.4, 0.5) is 41.9 Å². The number of nitro groups is 1. The number of benzene rings is 1. The lowest BCUT2D eigenvalue weighted by molar-refractivity contribution is -0.385. The minimum absolute atomic E-state index is 0.0303. The van der Waals surface area contributed by atoms with Crippen LogP contribution in [-0.4, -0.2) is 72.9 Å². The molecule has 0 unspecified atom stereocenters. The highest BCUT2D eigenvalue weighted by molar-refractivity contribution is 5.74. The molecule has 0 saturated carbocycles. The summed E-state index contributed by atoms with van der Waals surface area (Å²) < 4.78 is 51.0. The Labute approximate surface area is 215 Å². The van der Waals surface area contributed by atoms with Crippen LogP contribution in [0, 0.1) is 28.4 Å². The number of halogens is 3. The van der Waals surface area contributed by atoms with Crippen molar-refractivity contribution < 1.29 is 37.8 Å². The smallest absolute Gasteiger partial charge is 0.394 e. The van der Waals surface area contributed by atoms with Gasteiger partial charge in [0.05, 0.1) is 61.4 Å². The first kappa shape index (κ1) is 30.3. The number of nitrogens with one attached hydrogen (secondary N) is 2. The number of hydrogen-bond donors (Lipinski definition) is 4. The molecule has 1 aromatic heterocycles. The third kappa shape index (κ3) is 8.59. The Morgan fingerprint density at radius 3 is 2.21 bits per heavy atom. The minimum Gasteiger partial charge on any atom is -0.394 e. The van der Waals surface area contributed by atoms with Gasteiger partial charge in [0.15, 0.2) is 5.82 Å². The fourth-order valence-electron chi connectivity index (χ4n) is 3.08.